The Kier molecular flexibility index (Phi) is 11.2. The van der Waals surface area contributed by atoms with Crippen molar-refractivity contribution in [2.24, 2.45) is 5.73 Å². The molecule has 0 bridgehead atoms. The quantitative estimate of drug-likeness (QED) is 0.181. The van der Waals surface area contributed by atoms with E-state index in [2.05, 4.69) is 63.4 Å². The Morgan fingerprint density at radius 3 is 2.40 bits per heavy atom. The first-order valence-electron chi connectivity index (χ1n) is 13.9. The molecule has 3 amide bonds. The summed E-state index contributed by atoms with van der Waals surface area (Å²) in [4.78, 5) is 27.6. The lowest BCUT2D eigenvalue weighted by Gasteiger charge is -2.39. The van der Waals surface area contributed by atoms with Crippen LogP contribution in [0.3, 0.4) is 0 Å². The van der Waals surface area contributed by atoms with Gasteiger partial charge < -0.3 is 15.8 Å². The van der Waals surface area contributed by atoms with Crippen LogP contribution in [0.5, 0.6) is 5.75 Å². The number of carbonyl (C=O) groups excluding carboxylic acids is 2. The van der Waals surface area contributed by atoms with Crippen molar-refractivity contribution in [1.29, 1.82) is 0 Å². The second-order valence-electron chi connectivity index (χ2n) is 10.00. The van der Waals surface area contributed by atoms with Gasteiger partial charge in [-0.05, 0) is 41.5 Å². The molecule has 0 radical (unpaired) electrons. The van der Waals surface area contributed by atoms with Crippen molar-refractivity contribution < 1.29 is 19.5 Å². The van der Waals surface area contributed by atoms with Crippen LogP contribution in [0.2, 0.25) is 5.02 Å². The van der Waals surface area contributed by atoms with E-state index in [1.54, 1.807) is 18.2 Å². The van der Waals surface area contributed by atoms with Crippen LogP contribution in [0.4, 0.5) is 10.5 Å². The van der Waals surface area contributed by atoms with E-state index >= 15 is 0 Å². The Hall–Kier alpha value is -4.07. The lowest BCUT2D eigenvalue weighted by atomic mass is 9.96. The predicted molar refractivity (Wildman–Crippen MR) is 164 cm³/mol. The maximum absolute atomic E-state index is 11.8. The van der Waals surface area contributed by atoms with Gasteiger partial charge in [0.15, 0.2) is 0 Å². The molecule has 1 heterocycles. The molecule has 1 aliphatic rings. The normalized spacial score (nSPS) is 14.4. The van der Waals surface area contributed by atoms with E-state index in [1.165, 1.54) is 18.1 Å². The lowest BCUT2D eigenvalue weighted by Crippen LogP contribution is -2.48. The van der Waals surface area contributed by atoms with Crippen LogP contribution in [0.25, 0.3) is 0 Å². The third kappa shape index (κ3) is 8.96. The molecular formula is C32H36ClN5O4. The molecule has 0 spiro atoms. The fraction of sp³-hybridized carbons (Fsp3) is 0.312. The van der Waals surface area contributed by atoms with Gasteiger partial charge in [0.05, 0.1) is 18.3 Å². The number of hydrogen-bond donors (Lipinski definition) is 3. The Morgan fingerprint density at radius 1 is 1.05 bits per heavy atom. The highest BCUT2D eigenvalue weighted by Gasteiger charge is 2.26. The number of primary amides is 1. The third-order valence-electron chi connectivity index (χ3n) is 6.96. The number of hydrogen-bond acceptors (Lipinski definition) is 6. The van der Waals surface area contributed by atoms with E-state index in [0.29, 0.717) is 28.7 Å². The van der Waals surface area contributed by atoms with E-state index < -0.39 is 6.03 Å². The first-order chi connectivity index (χ1) is 20.3. The number of nitrogens with two attached hydrogens (primary N) is 1. The number of ether oxygens (including phenoxy) is 1. The molecule has 9 nitrogen and oxygen atoms in total. The molecule has 0 aromatic heterocycles. The maximum atomic E-state index is 11.8. The topological polar surface area (TPSA) is 111 Å². The van der Waals surface area contributed by atoms with Crippen molar-refractivity contribution >= 4 is 29.2 Å². The van der Waals surface area contributed by atoms with Gasteiger partial charge in [-0.25, -0.2) is 9.86 Å². The molecular weight excluding hydrogens is 554 g/mol. The molecule has 4 rings (SSSR count). The molecule has 3 aromatic rings. The molecule has 3 aromatic carbocycles. The molecule has 4 N–H and O–H groups in total. The molecule has 1 atom stereocenters. The molecule has 0 aliphatic carbocycles. The molecule has 42 heavy (non-hydrogen) atoms. The first kappa shape index (κ1) is 30.9. The van der Waals surface area contributed by atoms with Crippen LogP contribution in [-0.4, -0.2) is 77.9 Å². The van der Waals surface area contributed by atoms with Crippen LogP contribution in [0, 0.1) is 11.8 Å². The van der Waals surface area contributed by atoms with Gasteiger partial charge in [0.2, 0.25) is 5.91 Å². The highest BCUT2D eigenvalue weighted by atomic mass is 35.5. The molecule has 0 unspecified atom stereocenters. The van der Waals surface area contributed by atoms with Crippen molar-refractivity contribution in [3.8, 4) is 17.6 Å². The largest absolute Gasteiger partial charge is 0.490 e. The number of hydroxylamine groups is 2. The van der Waals surface area contributed by atoms with E-state index in [9.17, 15) is 14.8 Å². The third-order valence-corrected chi connectivity index (χ3v) is 7.22. The number of rotatable bonds is 10. The zero-order valence-electron chi connectivity index (χ0n) is 23.6. The number of nitrogens with one attached hydrogen (secondary N) is 1. The summed E-state index contributed by atoms with van der Waals surface area (Å²) < 4.78 is 6.08. The first-order valence-corrected chi connectivity index (χ1v) is 14.2. The second-order valence-corrected chi connectivity index (χ2v) is 10.4. The molecule has 10 heteroatoms. The molecule has 1 fully saturated rings. The van der Waals surface area contributed by atoms with Crippen LogP contribution < -0.4 is 15.8 Å². The zero-order chi connectivity index (χ0) is 29.9. The maximum Gasteiger partial charge on any atom is 0.338 e. The molecule has 1 saturated heterocycles. The number of anilines is 1. The van der Waals surface area contributed by atoms with Gasteiger partial charge >= 0.3 is 6.03 Å². The Bertz CT molecular complexity index is 1400. The van der Waals surface area contributed by atoms with Crippen molar-refractivity contribution in [1.82, 2.24) is 14.9 Å². The van der Waals surface area contributed by atoms with E-state index in [0.717, 1.165) is 37.7 Å². The lowest BCUT2D eigenvalue weighted by molar-refractivity contribution is -0.114. The second kappa shape index (κ2) is 15.2. The van der Waals surface area contributed by atoms with Gasteiger partial charge in [-0.2, -0.15) is 0 Å². The summed E-state index contributed by atoms with van der Waals surface area (Å²) in [5, 5.41) is 13.3. The zero-order valence-corrected chi connectivity index (χ0v) is 24.4. The van der Waals surface area contributed by atoms with Crippen LogP contribution >= 0.6 is 11.6 Å². The highest BCUT2D eigenvalue weighted by molar-refractivity contribution is 6.30. The molecule has 220 valence electrons. The number of halogens is 1. The molecule has 1 aliphatic heterocycles. The van der Waals surface area contributed by atoms with E-state index in [1.807, 2.05) is 18.2 Å². The fourth-order valence-electron chi connectivity index (χ4n) is 4.88. The van der Waals surface area contributed by atoms with E-state index in [-0.39, 0.29) is 24.9 Å². The summed E-state index contributed by atoms with van der Waals surface area (Å²) in [7, 11) is 0. The van der Waals surface area contributed by atoms with E-state index in [4.69, 9.17) is 22.1 Å². The predicted octanol–water partition coefficient (Wildman–Crippen LogP) is 4.60. The Morgan fingerprint density at radius 2 is 1.74 bits per heavy atom. The van der Waals surface area contributed by atoms with Crippen molar-refractivity contribution in [2.45, 2.75) is 19.4 Å². The summed E-state index contributed by atoms with van der Waals surface area (Å²) >= 11 is 6.17. The summed E-state index contributed by atoms with van der Waals surface area (Å²) in [5.74, 6) is 6.19. The average Bonchev–Trinajstić information content (AvgIpc) is 2.98. The monoisotopic (exact) mass is 589 g/mol. The minimum atomic E-state index is -0.928. The SMILES string of the molecule is CC(=O)Nc1cc(C#CCCN(O)C(N)=O)ccc1OCCN1CCN([C@H](c2ccccc2)c2ccc(Cl)cc2)CC1. The molecule has 0 saturated carbocycles. The number of piperazine rings is 1. The Labute approximate surface area is 251 Å². The summed E-state index contributed by atoms with van der Waals surface area (Å²) in [6, 6.07) is 23.2. The number of urea groups is 1. The van der Waals surface area contributed by atoms with Gasteiger partial charge in [-0.15, -0.1) is 0 Å². The minimum Gasteiger partial charge on any atom is -0.490 e. The number of carbonyl (C=O) groups is 2. The van der Waals surface area contributed by atoms with Gasteiger partial charge in [0, 0.05) is 56.7 Å². The number of amides is 3. The van der Waals surface area contributed by atoms with Crippen molar-refractivity contribution in [3.63, 3.8) is 0 Å². The van der Waals surface area contributed by atoms with Crippen molar-refractivity contribution in [3.05, 3.63) is 94.5 Å². The summed E-state index contributed by atoms with van der Waals surface area (Å²) in [6.45, 7) is 6.32. The smallest absolute Gasteiger partial charge is 0.338 e. The van der Waals surface area contributed by atoms with Gasteiger partial charge in [0.25, 0.3) is 0 Å². The van der Waals surface area contributed by atoms with Gasteiger partial charge in [-0.3, -0.25) is 19.8 Å². The number of benzene rings is 3. The van der Waals surface area contributed by atoms with Crippen LogP contribution in [0.15, 0.2) is 72.8 Å². The standard InChI is InChI=1S/C32H36ClN5O4/c1-24(39)35-29-23-25(7-5-6-16-38(41)32(34)40)10-15-30(29)42-22-21-36-17-19-37(20-18-36)31(26-8-3-2-4-9-26)27-11-13-28(33)14-12-27/h2-4,8-15,23,31,41H,6,16-22H2,1H3,(H2,34,40)(H,35,39)/t31-/m1/s1. The van der Waals surface area contributed by atoms with Crippen LogP contribution in [0.1, 0.15) is 36.1 Å². The highest BCUT2D eigenvalue weighted by Crippen LogP contribution is 2.30. The fourth-order valence-corrected chi connectivity index (χ4v) is 5.01. The van der Waals surface area contributed by atoms with Crippen LogP contribution in [-0.2, 0) is 4.79 Å². The summed E-state index contributed by atoms with van der Waals surface area (Å²) in [5.41, 5.74) is 8.68. The summed E-state index contributed by atoms with van der Waals surface area (Å²) in [6.07, 6.45) is 0.242. The average molecular weight is 590 g/mol. The Balaban J connectivity index is 1.32. The minimum absolute atomic E-state index is 0.00434. The van der Waals surface area contributed by atoms with Gasteiger partial charge in [-0.1, -0.05) is 65.9 Å². The number of nitrogens with zero attached hydrogens (tertiary/aromatic N) is 3. The van der Waals surface area contributed by atoms with Crippen molar-refractivity contribution in [2.75, 3.05) is 51.2 Å². The van der Waals surface area contributed by atoms with Gasteiger partial charge in [0.1, 0.15) is 12.4 Å².